The van der Waals surface area contributed by atoms with Gasteiger partial charge < -0.3 is 15.5 Å². The van der Waals surface area contributed by atoms with E-state index in [0.717, 1.165) is 10.1 Å². The number of rotatable bonds is 5. The van der Waals surface area contributed by atoms with E-state index in [1.165, 1.54) is 20.2 Å². The molecule has 1 heterocycles. The average Bonchev–Trinajstić information content (AvgIpc) is 2.94. The van der Waals surface area contributed by atoms with Crippen molar-refractivity contribution in [3.63, 3.8) is 0 Å². The normalized spacial score (nSPS) is 13.3. The van der Waals surface area contributed by atoms with E-state index < -0.39 is 10.0 Å². The largest absolute Gasteiger partial charge is 0.467 e. The SMILES string of the molecule is CC(Nc1cccc(S(=O)(=O)N(C)C)c1N)c1ccco1. The van der Waals surface area contributed by atoms with Gasteiger partial charge >= 0.3 is 0 Å². The summed E-state index contributed by atoms with van der Waals surface area (Å²) in [5.74, 6) is 0.746. The van der Waals surface area contributed by atoms with E-state index in [9.17, 15) is 8.42 Å². The number of hydrogen-bond donors (Lipinski definition) is 2. The van der Waals surface area contributed by atoms with Gasteiger partial charge in [-0.15, -0.1) is 0 Å². The van der Waals surface area contributed by atoms with Gasteiger partial charge in [-0.05, 0) is 31.2 Å². The van der Waals surface area contributed by atoms with Crippen LogP contribution in [0.1, 0.15) is 18.7 Å². The van der Waals surface area contributed by atoms with E-state index in [-0.39, 0.29) is 16.6 Å². The van der Waals surface area contributed by atoms with Crippen LogP contribution in [0.5, 0.6) is 0 Å². The molecular weight excluding hydrogens is 290 g/mol. The number of nitrogens with zero attached hydrogens (tertiary/aromatic N) is 1. The van der Waals surface area contributed by atoms with E-state index >= 15 is 0 Å². The van der Waals surface area contributed by atoms with Crippen molar-refractivity contribution in [3.8, 4) is 0 Å². The summed E-state index contributed by atoms with van der Waals surface area (Å²) in [6.07, 6.45) is 1.59. The number of para-hydroxylation sites is 1. The van der Waals surface area contributed by atoms with E-state index in [1.807, 2.05) is 13.0 Å². The number of nitrogens with one attached hydrogen (secondary N) is 1. The average molecular weight is 309 g/mol. The van der Waals surface area contributed by atoms with Crippen molar-refractivity contribution in [2.75, 3.05) is 25.1 Å². The molecule has 1 aromatic carbocycles. The second kappa shape index (κ2) is 5.79. The molecule has 0 aliphatic rings. The highest BCUT2D eigenvalue weighted by molar-refractivity contribution is 7.89. The Morgan fingerprint density at radius 3 is 2.52 bits per heavy atom. The van der Waals surface area contributed by atoms with Gasteiger partial charge in [0.2, 0.25) is 10.0 Å². The zero-order valence-corrected chi connectivity index (χ0v) is 13.0. The summed E-state index contributed by atoms with van der Waals surface area (Å²) in [5, 5.41) is 3.16. The van der Waals surface area contributed by atoms with Gasteiger partial charge in [-0.2, -0.15) is 0 Å². The number of nitrogen functional groups attached to an aromatic ring is 1. The van der Waals surface area contributed by atoms with Crippen molar-refractivity contribution >= 4 is 21.4 Å². The Bertz CT molecular complexity index is 709. The van der Waals surface area contributed by atoms with Crippen LogP contribution in [-0.2, 0) is 10.0 Å². The first kappa shape index (κ1) is 15.4. The molecule has 2 rings (SSSR count). The van der Waals surface area contributed by atoms with Gasteiger partial charge in [0, 0.05) is 14.1 Å². The third-order valence-corrected chi connectivity index (χ3v) is 5.04. The number of furan rings is 1. The fourth-order valence-electron chi connectivity index (χ4n) is 1.93. The predicted molar refractivity (Wildman–Crippen MR) is 82.5 cm³/mol. The molecule has 1 atom stereocenters. The number of hydrogen-bond acceptors (Lipinski definition) is 5. The third kappa shape index (κ3) is 3.03. The Hall–Kier alpha value is -1.99. The lowest BCUT2D eigenvalue weighted by molar-refractivity contribution is 0.490. The number of anilines is 2. The van der Waals surface area contributed by atoms with Crippen LogP contribution in [-0.4, -0.2) is 26.8 Å². The van der Waals surface area contributed by atoms with Crippen molar-refractivity contribution in [2.45, 2.75) is 17.9 Å². The Morgan fingerprint density at radius 1 is 1.24 bits per heavy atom. The van der Waals surface area contributed by atoms with Crippen LogP contribution in [0.4, 0.5) is 11.4 Å². The van der Waals surface area contributed by atoms with E-state index in [2.05, 4.69) is 5.32 Å². The fraction of sp³-hybridized carbons (Fsp3) is 0.286. The molecule has 0 saturated heterocycles. The van der Waals surface area contributed by atoms with Crippen LogP contribution < -0.4 is 11.1 Å². The van der Waals surface area contributed by atoms with Gasteiger partial charge in [0.1, 0.15) is 10.7 Å². The first-order chi connectivity index (χ1) is 9.84. The molecule has 0 amide bonds. The molecule has 1 unspecified atom stereocenters. The maximum absolute atomic E-state index is 12.2. The molecule has 0 aliphatic carbocycles. The number of sulfonamides is 1. The van der Waals surface area contributed by atoms with Gasteiger partial charge in [-0.3, -0.25) is 0 Å². The quantitative estimate of drug-likeness (QED) is 0.827. The highest BCUT2D eigenvalue weighted by Gasteiger charge is 2.22. The maximum Gasteiger partial charge on any atom is 0.244 e. The molecule has 0 spiro atoms. The van der Waals surface area contributed by atoms with Crippen molar-refractivity contribution in [2.24, 2.45) is 0 Å². The van der Waals surface area contributed by atoms with Gasteiger partial charge in [0.05, 0.1) is 23.7 Å². The molecule has 6 nitrogen and oxygen atoms in total. The minimum Gasteiger partial charge on any atom is -0.467 e. The lowest BCUT2D eigenvalue weighted by atomic mass is 10.2. The molecular formula is C14H19N3O3S. The fourth-order valence-corrected chi connectivity index (χ4v) is 2.97. The monoisotopic (exact) mass is 309 g/mol. The van der Waals surface area contributed by atoms with Crippen molar-refractivity contribution in [1.82, 2.24) is 4.31 Å². The summed E-state index contributed by atoms with van der Waals surface area (Å²) in [7, 11) is -0.630. The first-order valence-corrected chi connectivity index (χ1v) is 7.89. The summed E-state index contributed by atoms with van der Waals surface area (Å²) in [5.41, 5.74) is 6.77. The molecule has 1 aromatic heterocycles. The second-order valence-electron chi connectivity index (χ2n) is 4.89. The Labute approximate surface area is 124 Å². The second-order valence-corrected chi connectivity index (χ2v) is 7.01. The topological polar surface area (TPSA) is 88.6 Å². The Balaban J connectivity index is 2.35. The first-order valence-electron chi connectivity index (χ1n) is 6.45. The van der Waals surface area contributed by atoms with Crippen LogP contribution in [0.2, 0.25) is 0 Å². The maximum atomic E-state index is 12.2. The molecule has 7 heteroatoms. The summed E-state index contributed by atoms with van der Waals surface area (Å²) >= 11 is 0. The van der Waals surface area contributed by atoms with Gasteiger partial charge in [0.25, 0.3) is 0 Å². The number of nitrogens with two attached hydrogens (primary N) is 1. The minimum atomic E-state index is -3.57. The standard InChI is InChI=1S/C14H19N3O3S/c1-10(12-7-5-9-20-12)16-11-6-4-8-13(14(11)15)21(18,19)17(2)3/h4-10,16H,15H2,1-3H3. The smallest absolute Gasteiger partial charge is 0.244 e. The molecule has 2 aromatic rings. The van der Waals surface area contributed by atoms with E-state index in [0.29, 0.717) is 5.69 Å². The summed E-state index contributed by atoms with van der Waals surface area (Å²) in [4.78, 5) is 0.0872. The molecule has 0 radical (unpaired) electrons. The van der Waals surface area contributed by atoms with Crippen molar-refractivity contribution < 1.29 is 12.8 Å². The van der Waals surface area contributed by atoms with E-state index in [1.54, 1.807) is 24.5 Å². The molecule has 0 fully saturated rings. The highest BCUT2D eigenvalue weighted by Crippen LogP contribution is 2.30. The van der Waals surface area contributed by atoms with Gasteiger partial charge in [0.15, 0.2) is 0 Å². The van der Waals surface area contributed by atoms with Gasteiger partial charge in [-0.25, -0.2) is 12.7 Å². The van der Waals surface area contributed by atoms with Crippen molar-refractivity contribution in [1.29, 1.82) is 0 Å². The Kier molecular flexibility index (Phi) is 4.24. The van der Waals surface area contributed by atoms with Crippen LogP contribution in [0.3, 0.4) is 0 Å². The lowest BCUT2D eigenvalue weighted by Gasteiger charge is -2.18. The molecule has 0 saturated carbocycles. The van der Waals surface area contributed by atoms with Crippen LogP contribution in [0.15, 0.2) is 45.9 Å². The van der Waals surface area contributed by atoms with Crippen LogP contribution in [0, 0.1) is 0 Å². The highest BCUT2D eigenvalue weighted by atomic mass is 32.2. The lowest BCUT2D eigenvalue weighted by Crippen LogP contribution is -2.23. The predicted octanol–water partition coefficient (Wildman–Crippen LogP) is 2.29. The summed E-state index contributed by atoms with van der Waals surface area (Å²) in [6.45, 7) is 1.91. The van der Waals surface area contributed by atoms with Gasteiger partial charge in [-0.1, -0.05) is 6.07 Å². The zero-order valence-electron chi connectivity index (χ0n) is 12.2. The summed E-state index contributed by atoms with van der Waals surface area (Å²) in [6, 6.07) is 8.40. The number of benzene rings is 1. The molecule has 0 aliphatic heterocycles. The molecule has 0 bridgehead atoms. The summed E-state index contributed by atoms with van der Waals surface area (Å²) < 4.78 is 30.9. The van der Waals surface area contributed by atoms with E-state index in [4.69, 9.17) is 10.2 Å². The Morgan fingerprint density at radius 2 is 1.95 bits per heavy atom. The molecule has 21 heavy (non-hydrogen) atoms. The van der Waals surface area contributed by atoms with Crippen LogP contribution in [0.25, 0.3) is 0 Å². The van der Waals surface area contributed by atoms with Crippen molar-refractivity contribution in [3.05, 3.63) is 42.4 Å². The third-order valence-electron chi connectivity index (χ3n) is 3.17. The molecule has 3 N–H and O–H groups in total. The minimum absolute atomic E-state index is 0.0872. The van der Waals surface area contributed by atoms with Crippen LogP contribution >= 0.6 is 0 Å². The molecule has 114 valence electrons. The zero-order chi connectivity index (χ0) is 15.6.